The van der Waals surface area contributed by atoms with Crippen molar-refractivity contribution in [2.45, 2.75) is 46.0 Å². The van der Waals surface area contributed by atoms with Gasteiger partial charge in [-0.25, -0.2) is 0 Å². The number of anilines is 3. The topological polar surface area (TPSA) is 80.0 Å². The zero-order valence-electron chi connectivity index (χ0n) is 12.6. The van der Waals surface area contributed by atoms with E-state index in [1.165, 1.54) is 32.1 Å². The van der Waals surface area contributed by atoms with Gasteiger partial charge in [0, 0.05) is 19.6 Å². The quantitative estimate of drug-likeness (QED) is 0.796. The number of hydrogen-bond acceptors (Lipinski definition) is 6. The maximum absolute atomic E-state index is 5.77. The molecule has 0 aliphatic heterocycles. The summed E-state index contributed by atoms with van der Waals surface area (Å²) in [6.45, 7) is 6.79. The van der Waals surface area contributed by atoms with Crippen LogP contribution in [0.4, 0.5) is 17.8 Å². The van der Waals surface area contributed by atoms with Crippen molar-refractivity contribution in [1.82, 2.24) is 15.0 Å². The minimum absolute atomic E-state index is 0.283. The van der Waals surface area contributed by atoms with E-state index in [2.05, 4.69) is 39.0 Å². The molecule has 1 aliphatic carbocycles. The van der Waals surface area contributed by atoms with Crippen LogP contribution >= 0.6 is 0 Å². The van der Waals surface area contributed by atoms with E-state index < -0.39 is 0 Å². The van der Waals surface area contributed by atoms with Crippen LogP contribution in [0.25, 0.3) is 0 Å². The Morgan fingerprint density at radius 3 is 2.50 bits per heavy atom. The molecule has 0 unspecified atom stereocenters. The molecule has 3 N–H and O–H groups in total. The van der Waals surface area contributed by atoms with Gasteiger partial charge in [-0.1, -0.05) is 25.7 Å². The summed E-state index contributed by atoms with van der Waals surface area (Å²) in [7, 11) is 0. The van der Waals surface area contributed by atoms with Crippen molar-refractivity contribution < 1.29 is 0 Å². The lowest BCUT2D eigenvalue weighted by Crippen LogP contribution is -2.25. The average Bonchev–Trinajstić information content (AvgIpc) is 2.93. The molecule has 1 saturated carbocycles. The first-order chi connectivity index (χ1) is 9.72. The number of aromatic nitrogens is 3. The summed E-state index contributed by atoms with van der Waals surface area (Å²) in [5, 5.41) is 3.29. The molecule has 0 atom stereocenters. The highest BCUT2D eigenvalue weighted by atomic mass is 15.3. The molecule has 0 bridgehead atoms. The van der Waals surface area contributed by atoms with Gasteiger partial charge in [0.05, 0.1) is 0 Å². The first kappa shape index (κ1) is 14.8. The van der Waals surface area contributed by atoms with Crippen LogP contribution in [0.15, 0.2) is 0 Å². The lowest BCUT2D eigenvalue weighted by molar-refractivity contribution is 0.518. The van der Waals surface area contributed by atoms with E-state index in [0.29, 0.717) is 11.9 Å². The maximum Gasteiger partial charge on any atom is 0.231 e. The third kappa shape index (κ3) is 3.95. The van der Waals surface area contributed by atoms with E-state index >= 15 is 0 Å². The number of rotatable bonds is 7. The molecule has 1 aliphatic rings. The van der Waals surface area contributed by atoms with Crippen molar-refractivity contribution in [3.05, 3.63) is 0 Å². The molecule has 0 radical (unpaired) electrons. The van der Waals surface area contributed by atoms with Gasteiger partial charge in [-0.3, -0.25) is 0 Å². The first-order valence-corrected chi connectivity index (χ1v) is 7.73. The summed E-state index contributed by atoms with van der Waals surface area (Å²) < 4.78 is 0. The van der Waals surface area contributed by atoms with Crippen molar-refractivity contribution in [2.75, 3.05) is 35.6 Å². The van der Waals surface area contributed by atoms with Crippen molar-refractivity contribution in [3.63, 3.8) is 0 Å². The normalized spacial score (nSPS) is 15.5. The average molecular weight is 278 g/mol. The lowest BCUT2D eigenvalue weighted by Gasteiger charge is -2.19. The third-order valence-electron chi connectivity index (χ3n) is 4.00. The molecule has 2 rings (SSSR count). The van der Waals surface area contributed by atoms with Crippen molar-refractivity contribution in [2.24, 2.45) is 5.92 Å². The number of nitrogens with one attached hydrogen (secondary N) is 1. The fourth-order valence-corrected chi connectivity index (χ4v) is 2.79. The Hall–Kier alpha value is -1.59. The van der Waals surface area contributed by atoms with Gasteiger partial charge in [-0.2, -0.15) is 15.0 Å². The van der Waals surface area contributed by atoms with Crippen molar-refractivity contribution in [1.29, 1.82) is 0 Å². The summed E-state index contributed by atoms with van der Waals surface area (Å²) >= 11 is 0. The fourth-order valence-electron chi connectivity index (χ4n) is 2.79. The van der Waals surface area contributed by atoms with Crippen LogP contribution in [0.5, 0.6) is 0 Å². The summed E-state index contributed by atoms with van der Waals surface area (Å²) in [5.41, 5.74) is 5.77. The molecule has 1 aromatic heterocycles. The number of nitrogens with two attached hydrogens (primary N) is 1. The van der Waals surface area contributed by atoms with Crippen LogP contribution in [0.2, 0.25) is 0 Å². The predicted octanol–water partition coefficient (Wildman–Crippen LogP) is 2.29. The lowest BCUT2D eigenvalue weighted by atomic mass is 10.0. The van der Waals surface area contributed by atoms with E-state index in [1.54, 1.807) is 0 Å². The highest BCUT2D eigenvalue weighted by molar-refractivity contribution is 5.41. The Labute approximate surface area is 121 Å². The van der Waals surface area contributed by atoms with Crippen LogP contribution < -0.4 is 16.0 Å². The number of hydrogen-bond donors (Lipinski definition) is 2. The third-order valence-corrected chi connectivity index (χ3v) is 4.00. The Kier molecular flexibility index (Phi) is 5.38. The van der Waals surface area contributed by atoms with Crippen LogP contribution in [0.1, 0.15) is 46.0 Å². The molecule has 0 amide bonds. The van der Waals surface area contributed by atoms with Crippen molar-refractivity contribution in [3.8, 4) is 0 Å². The van der Waals surface area contributed by atoms with E-state index in [-0.39, 0.29) is 5.95 Å². The molecule has 1 heterocycles. The minimum atomic E-state index is 0.283. The minimum Gasteiger partial charge on any atom is -0.368 e. The molecule has 6 nitrogen and oxygen atoms in total. The smallest absolute Gasteiger partial charge is 0.231 e. The van der Waals surface area contributed by atoms with Crippen molar-refractivity contribution >= 4 is 17.8 Å². The van der Waals surface area contributed by atoms with Gasteiger partial charge in [0.25, 0.3) is 0 Å². The molecule has 20 heavy (non-hydrogen) atoms. The van der Waals surface area contributed by atoms with Gasteiger partial charge in [0.1, 0.15) is 0 Å². The Balaban J connectivity index is 1.92. The van der Waals surface area contributed by atoms with Crippen LogP contribution in [0.3, 0.4) is 0 Å². The maximum atomic E-state index is 5.77. The standard InChI is InChI=1S/C14H26N6/c1-3-20(4-2)14-18-12(15)17-13(19-14)16-10-9-11-7-5-6-8-11/h11H,3-10H2,1-2H3,(H3,15,16,17,18,19). The number of nitrogens with zero attached hydrogens (tertiary/aromatic N) is 4. The second kappa shape index (κ2) is 7.26. The molecule has 0 spiro atoms. The molecular weight excluding hydrogens is 252 g/mol. The van der Waals surface area contributed by atoms with E-state index in [4.69, 9.17) is 5.73 Å². The molecular formula is C14H26N6. The van der Waals surface area contributed by atoms with E-state index in [9.17, 15) is 0 Å². The SMILES string of the molecule is CCN(CC)c1nc(N)nc(NCCC2CCCC2)n1. The zero-order valence-corrected chi connectivity index (χ0v) is 12.6. The highest BCUT2D eigenvalue weighted by Gasteiger charge is 2.15. The molecule has 112 valence electrons. The first-order valence-electron chi connectivity index (χ1n) is 7.73. The van der Waals surface area contributed by atoms with Crippen LogP contribution in [-0.4, -0.2) is 34.6 Å². The highest BCUT2D eigenvalue weighted by Crippen LogP contribution is 2.27. The molecule has 1 aromatic rings. The Morgan fingerprint density at radius 2 is 1.85 bits per heavy atom. The second-order valence-corrected chi connectivity index (χ2v) is 5.36. The molecule has 0 aromatic carbocycles. The molecule has 0 saturated heterocycles. The van der Waals surface area contributed by atoms with E-state index in [1.807, 2.05) is 0 Å². The Morgan fingerprint density at radius 1 is 1.15 bits per heavy atom. The second-order valence-electron chi connectivity index (χ2n) is 5.36. The van der Waals surface area contributed by atoms with Gasteiger partial charge in [-0.15, -0.1) is 0 Å². The summed E-state index contributed by atoms with van der Waals surface area (Å²) in [6.07, 6.45) is 6.69. The largest absolute Gasteiger partial charge is 0.368 e. The fraction of sp³-hybridized carbons (Fsp3) is 0.786. The van der Waals surface area contributed by atoms with Gasteiger partial charge in [0.2, 0.25) is 17.8 Å². The number of nitrogen functional groups attached to an aromatic ring is 1. The molecule has 6 heteroatoms. The summed E-state index contributed by atoms with van der Waals surface area (Å²) in [4.78, 5) is 14.9. The van der Waals surface area contributed by atoms with Crippen LogP contribution in [-0.2, 0) is 0 Å². The van der Waals surface area contributed by atoms with Gasteiger partial charge in [0.15, 0.2) is 0 Å². The summed E-state index contributed by atoms with van der Waals surface area (Å²) in [5.74, 6) is 2.40. The van der Waals surface area contributed by atoms with Gasteiger partial charge >= 0.3 is 0 Å². The van der Waals surface area contributed by atoms with Crippen LogP contribution in [0, 0.1) is 5.92 Å². The van der Waals surface area contributed by atoms with Gasteiger partial charge < -0.3 is 16.0 Å². The predicted molar refractivity (Wildman–Crippen MR) is 82.9 cm³/mol. The van der Waals surface area contributed by atoms with Gasteiger partial charge in [-0.05, 0) is 26.2 Å². The zero-order chi connectivity index (χ0) is 14.4. The monoisotopic (exact) mass is 278 g/mol. The Bertz CT molecular complexity index is 412. The summed E-state index contributed by atoms with van der Waals surface area (Å²) in [6, 6.07) is 0. The molecule has 1 fully saturated rings. The van der Waals surface area contributed by atoms with E-state index in [0.717, 1.165) is 25.6 Å².